The lowest BCUT2D eigenvalue weighted by atomic mass is 10.1. The molecule has 0 N–H and O–H groups in total. The highest BCUT2D eigenvalue weighted by Crippen LogP contribution is 2.37. The Labute approximate surface area is 156 Å². The second kappa shape index (κ2) is 6.48. The molecule has 1 amide bonds. The van der Waals surface area contributed by atoms with E-state index in [0.29, 0.717) is 12.1 Å². The topological polar surface area (TPSA) is 67.3 Å². The van der Waals surface area contributed by atoms with Gasteiger partial charge in [0, 0.05) is 18.4 Å². The van der Waals surface area contributed by atoms with Crippen LogP contribution in [0.5, 0.6) is 0 Å². The second-order valence-electron chi connectivity index (χ2n) is 6.48. The first-order valence-corrected chi connectivity index (χ1v) is 11.1. The van der Waals surface area contributed by atoms with E-state index in [-0.39, 0.29) is 16.8 Å². The van der Waals surface area contributed by atoms with Crippen LogP contribution in [0.2, 0.25) is 0 Å². The Balaban J connectivity index is 1.67. The summed E-state index contributed by atoms with van der Waals surface area (Å²) in [6, 6.07) is 14.2. The number of carbonyl (C=O) groups is 1. The van der Waals surface area contributed by atoms with Gasteiger partial charge in [-0.15, -0.1) is 11.3 Å². The molecule has 26 heavy (non-hydrogen) atoms. The van der Waals surface area contributed by atoms with Gasteiger partial charge in [-0.05, 0) is 43.2 Å². The molecule has 1 aromatic heterocycles. The number of fused-ring (bicyclic) bond motifs is 1. The van der Waals surface area contributed by atoms with Gasteiger partial charge < -0.3 is 4.90 Å². The summed E-state index contributed by atoms with van der Waals surface area (Å²) in [4.78, 5) is 19.7. The van der Waals surface area contributed by atoms with E-state index in [2.05, 4.69) is 0 Å². The zero-order chi connectivity index (χ0) is 18.3. The summed E-state index contributed by atoms with van der Waals surface area (Å²) >= 11 is 1.62. The molecular formula is C19H18N2O3S2. The molecule has 1 aliphatic rings. The predicted molar refractivity (Wildman–Crippen MR) is 102 cm³/mol. The molecule has 134 valence electrons. The number of thiazole rings is 1. The lowest BCUT2D eigenvalue weighted by Gasteiger charge is -2.23. The number of hydrogen-bond donors (Lipinski definition) is 0. The SMILES string of the molecule is CS(=O)(=O)c1cccc(C(=O)N2CCCC2c2nc3ccccc3s2)c1. The van der Waals surface area contributed by atoms with E-state index in [4.69, 9.17) is 4.98 Å². The average molecular weight is 386 g/mol. The number of para-hydroxylation sites is 1. The number of rotatable bonds is 3. The molecule has 1 aliphatic heterocycles. The van der Waals surface area contributed by atoms with Crippen molar-refractivity contribution < 1.29 is 13.2 Å². The van der Waals surface area contributed by atoms with Gasteiger partial charge >= 0.3 is 0 Å². The van der Waals surface area contributed by atoms with Gasteiger partial charge in [-0.1, -0.05) is 18.2 Å². The summed E-state index contributed by atoms with van der Waals surface area (Å²) in [5, 5.41) is 0.941. The molecule has 7 heteroatoms. The van der Waals surface area contributed by atoms with Crippen LogP contribution in [0.1, 0.15) is 34.2 Å². The van der Waals surface area contributed by atoms with Crippen molar-refractivity contribution in [3.05, 3.63) is 59.1 Å². The highest BCUT2D eigenvalue weighted by atomic mass is 32.2. The van der Waals surface area contributed by atoms with Gasteiger partial charge in [-0.25, -0.2) is 13.4 Å². The van der Waals surface area contributed by atoms with Crippen LogP contribution >= 0.6 is 11.3 Å². The molecule has 0 saturated carbocycles. The Morgan fingerprint density at radius 1 is 1.19 bits per heavy atom. The lowest BCUT2D eigenvalue weighted by Crippen LogP contribution is -2.30. The molecular weight excluding hydrogens is 368 g/mol. The summed E-state index contributed by atoms with van der Waals surface area (Å²) in [7, 11) is -3.35. The minimum absolute atomic E-state index is 0.0539. The van der Waals surface area contributed by atoms with Gasteiger partial charge in [0.2, 0.25) is 0 Å². The van der Waals surface area contributed by atoms with Crippen molar-refractivity contribution in [1.82, 2.24) is 9.88 Å². The van der Waals surface area contributed by atoms with Crippen molar-refractivity contribution in [2.75, 3.05) is 12.8 Å². The fourth-order valence-electron chi connectivity index (χ4n) is 3.32. The normalized spacial score (nSPS) is 17.7. The standard InChI is InChI=1S/C19H18N2O3S2/c1-26(23,24)14-7-4-6-13(12-14)19(22)21-11-5-9-16(21)18-20-15-8-2-3-10-17(15)25-18/h2-4,6-8,10,12,16H,5,9,11H2,1H3. The summed E-state index contributed by atoms with van der Waals surface area (Å²) in [6.45, 7) is 0.655. The number of benzene rings is 2. The molecule has 5 nitrogen and oxygen atoms in total. The molecule has 1 atom stereocenters. The summed E-state index contributed by atoms with van der Waals surface area (Å²) in [5.74, 6) is -0.141. The first kappa shape index (κ1) is 17.2. The first-order valence-electron chi connectivity index (χ1n) is 8.40. The molecule has 2 heterocycles. The fourth-order valence-corrected chi connectivity index (χ4v) is 5.11. The molecule has 2 aromatic carbocycles. The number of amides is 1. The largest absolute Gasteiger partial charge is 0.329 e. The molecule has 1 fully saturated rings. The van der Waals surface area contributed by atoms with E-state index in [9.17, 15) is 13.2 Å². The molecule has 3 aromatic rings. The van der Waals surface area contributed by atoms with Crippen LogP contribution in [0, 0.1) is 0 Å². The van der Waals surface area contributed by atoms with Gasteiger partial charge in [0.25, 0.3) is 5.91 Å². The summed E-state index contributed by atoms with van der Waals surface area (Å²) < 4.78 is 24.7. The molecule has 4 rings (SSSR count). The van der Waals surface area contributed by atoms with Crippen molar-refractivity contribution in [3.8, 4) is 0 Å². The van der Waals surface area contributed by atoms with E-state index in [1.54, 1.807) is 23.5 Å². The minimum Gasteiger partial charge on any atom is -0.329 e. The number of aromatic nitrogens is 1. The maximum atomic E-state index is 13.0. The van der Waals surface area contributed by atoms with Crippen LogP contribution in [0.3, 0.4) is 0 Å². The fraction of sp³-hybridized carbons (Fsp3) is 0.263. The average Bonchev–Trinajstić information content (AvgIpc) is 3.26. The van der Waals surface area contributed by atoms with Crippen molar-refractivity contribution in [3.63, 3.8) is 0 Å². The van der Waals surface area contributed by atoms with Crippen LogP contribution in [0.25, 0.3) is 10.2 Å². The molecule has 1 unspecified atom stereocenters. The van der Waals surface area contributed by atoms with E-state index < -0.39 is 9.84 Å². The smallest absolute Gasteiger partial charge is 0.254 e. The highest BCUT2D eigenvalue weighted by Gasteiger charge is 2.33. The van der Waals surface area contributed by atoms with Gasteiger partial charge in [-0.2, -0.15) is 0 Å². The highest BCUT2D eigenvalue weighted by molar-refractivity contribution is 7.90. The lowest BCUT2D eigenvalue weighted by molar-refractivity contribution is 0.0735. The Hall–Kier alpha value is -2.25. The predicted octanol–water partition coefficient (Wildman–Crippen LogP) is 3.68. The van der Waals surface area contributed by atoms with Crippen molar-refractivity contribution in [2.24, 2.45) is 0 Å². The van der Waals surface area contributed by atoms with Crippen LogP contribution in [0.15, 0.2) is 53.4 Å². The van der Waals surface area contributed by atoms with Crippen LogP contribution < -0.4 is 0 Å². The van der Waals surface area contributed by atoms with E-state index in [1.807, 2.05) is 29.2 Å². The van der Waals surface area contributed by atoms with Gasteiger partial charge in [-0.3, -0.25) is 4.79 Å². The number of sulfone groups is 1. The molecule has 0 bridgehead atoms. The van der Waals surface area contributed by atoms with Gasteiger partial charge in [0.1, 0.15) is 5.01 Å². The second-order valence-corrected chi connectivity index (χ2v) is 9.55. The first-order chi connectivity index (χ1) is 12.4. The quantitative estimate of drug-likeness (QED) is 0.689. The third kappa shape index (κ3) is 3.12. The summed E-state index contributed by atoms with van der Waals surface area (Å²) in [5.41, 5.74) is 1.35. The number of likely N-dealkylation sites (tertiary alicyclic amines) is 1. The zero-order valence-electron chi connectivity index (χ0n) is 14.3. The Morgan fingerprint density at radius 2 is 2.00 bits per heavy atom. The van der Waals surface area contributed by atoms with Gasteiger partial charge in [0.05, 0.1) is 21.2 Å². The van der Waals surface area contributed by atoms with Crippen LogP contribution in [-0.4, -0.2) is 37.0 Å². The van der Waals surface area contributed by atoms with E-state index in [1.165, 1.54) is 12.1 Å². The summed E-state index contributed by atoms with van der Waals surface area (Å²) in [6.07, 6.45) is 2.94. The Morgan fingerprint density at radius 3 is 2.77 bits per heavy atom. The van der Waals surface area contributed by atoms with Crippen molar-refractivity contribution in [2.45, 2.75) is 23.8 Å². The third-order valence-corrected chi connectivity index (χ3v) is 6.87. The molecule has 1 saturated heterocycles. The Bertz CT molecular complexity index is 1060. The van der Waals surface area contributed by atoms with Gasteiger partial charge in [0.15, 0.2) is 9.84 Å². The monoisotopic (exact) mass is 386 g/mol. The molecule has 0 spiro atoms. The minimum atomic E-state index is -3.35. The number of hydrogen-bond acceptors (Lipinski definition) is 5. The molecule has 0 aliphatic carbocycles. The van der Waals surface area contributed by atoms with Crippen LogP contribution in [0.4, 0.5) is 0 Å². The third-order valence-electron chi connectivity index (χ3n) is 4.62. The van der Waals surface area contributed by atoms with E-state index in [0.717, 1.165) is 34.3 Å². The molecule has 0 radical (unpaired) electrons. The Kier molecular flexibility index (Phi) is 4.28. The van der Waals surface area contributed by atoms with Crippen molar-refractivity contribution in [1.29, 1.82) is 0 Å². The maximum absolute atomic E-state index is 13.0. The number of carbonyl (C=O) groups excluding carboxylic acids is 1. The van der Waals surface area contributed by atoms with Crippen molar-refractivity contribution >= 4 is 37.3 Å². The zero-order valence-corrected chi connectivity index (χ0v) is 15.9. The van der Waals surface area contributed by atoms with E-state index >= 15 is 0 Å². The van der Waals surface area contributed by atoms with Crippen LogP contribution in [-0.2, 0) is 9.84 Å². The number of nitrogens with zero attached hydrogens (tertiary/aromatic N) is 2. The maximum Gasteiger partial charge on any atom is 0.254 e.